The lowest BCUT2D eigenvalue weighted by Gasteiger charge is -2.34. The summed E-state index contributed by atoms with van der Waals surface area (Å²) in [6, 6.07) is 6.09. The van der Waals surface area contributed by atoms with E-state index >= 15 is 0 Å². The van der Waals surface area contributed by atoms with Gasteiger partial charge in [-0.1, -0.05) is 11.3 Å². The number of benzene rings is 1. The molecule has 2 N–H and O–H groups in total. The first-order chi connectivity index (χ1) is 12.0. The zero-order chi connectivity index (χ0) is 18.0. The molecule has 1 fully saturated rings. The molecule has 9 nitrogen and oxygen atoms in total. The number of amides is 1. The van der Waals surface area contributed by atoms with Crippen LogP contribution in [0.4, 0.5) is 5.69 Å². The predicted molar refractivity (Wildman–Crippen MR) is 97.7 cm³/mol. The fourth-order valence-corrected chi connectivity index (χ4v) is 3.16. The Morgan fingerprint density at radius 3 is 2.88 bits per heavy atom. The van der Waals surface area contributed by atoms with Crippen molar-refractivity contribution in [1.82, 2.24) is 19.9 Å². The van der Waals surface area contributed by atoms with Gasteiger partial charge in [0.2, 0.25) is 0 Å². The van der Waals surface area contributed by atoms with Gasteiger partial charge in [0, 0.05) is 31.3 Å². The molecule has 1 amide bonds. The van der Waals surface area contributed by atoms with Crippen molar-refractivity contribution >= 4 is 24.0 Å². The molecule has 2 aromatic rings. The number of non-ortho nitro benzene ring substituents is 1. The van der Waals surface area contributed by atoms with E-state index < -0.39 is 4.92 Å². The van der Waals surface area contributed by atoms with Crippen molar-refractivity contribution in [3.8, 4) is 5.69 Å². The highest BCUT2D eigenvalue weighted by atomic mass is 35.5. The van der Waals surface area contributed by atoms with Gasteiger partial charge in [0.25, 0.3) is 11.6 Å². The third-order valence-corrected chi connectivity index (χ3v) is 4.54. The first-order valence-corrected chi connectivity index (χ1v) is 8.21. The van der Waals surface area contributed by atoms with Crippen LogP contribution >= 0.6 is 12.4 Å². The summed E-state index contributed by atoms with van der Waals surface area (Å²) in [5, 5.41) is 19.0. The molecule has 1 aliphatic rings. The second-order valence-corrected chi connectivity index (χ2v) is 6.10. The molecule has 0 aliphatic carbocycles. The van der Waals surface area contributed by atoms with Crippen LogP contribution in [0.2, 0.25) is 0 Å². The molecule has 1 saturated heterocycles. The van der Waals surface area contributed by atoms with E-state index in [0.717, 1.165) is 19.3 Å². The molecule has 0 radical (unpaired) electrons. The number of halogens is 1. The predicted octanol–water partition coefficient (Wildman–Crippen LogP) is 1.86. The van der Waals surface area contributed by atoms with Crippen LogP contribution in [0.15, 0.2) is 24.3 Å². The minimum absolute atomic E-state index is 0. The monoisotopic (exact) mass is 380 g/mol. The molecule has 3 rings (SSSR count). The molecule has 10 heteroatoms. The van der Waals surface area contributed by atoms with Gasteiger partial charge in [-0.2, -0.15) is 0 Å². The second-order valence-electron chi connectivity index (χ2n) is 6.10. The number of hydrogen-bond donors (Lipinski definition) is 1. The summed E-state index contributed by atoms with van der Waals surface area (Å²) in [6.45, 7) is 2.81. The number of likely N-dealkylation sites (tertiary alicyclic amines) is 1. The quantitative estimate of drug-likeness (QED) is 0.638. The van der Waals surface area contributed by atoms with Gasteiger partial charge in [0.15, 0.2) is 5.69 Å². The Morgan fingerprint density at radius 1 is 1.42 bits per heavy atom. The third kappa shape index (κ3) is 3.68. The van der Waals surface area contributed by atoms with E-state index in [1.807, 2.05) is 0 Å². The zero-order valence-corrected chi connectivity index (χ0v) is 15.2. The number of rotatable bonds is 4. The Morgan fingerprint density at radius 2 is 2.19 bits per heavy atom. The highest BCUT2D eigenvalue weighted by molar-refractivity contribution is 5.93. The van der Waals surface area contributed by atoms with Crippen LogP contribution in [-0.2, 0) is 0 Å². The van der Waals surface area contributed by atoms with E-state index in [2.05, 4.69) is 10.3 Å². The minimum atomic E-state index is -0.471. The van der Waals surface area contributed by atoms with Crippen molar-refractivity contribution in [1.29, 1.82) is 0 Å². The fraction of sp³-hybridized carbons (Fsp3) is 0.438. The summed E-state index contributed by atoms with van der Waals surface area (Å²) in [5.74, 6) is -0.190. The SMILES string of the molecule is Cc1c(C(=O)N2CCCCC2CN)nnn1-c1cccc([N+](=O)[O-])c1.Cl. The molecule has 1 unspecified atom stereocenters. The Labute approximate surface area is 156 Å². The first kappa shape index (κ1) is 19.8. The number of piperidine rings is 1. The van der Waals surface area contributed by atoms with Gasteiger partial charge in [0.1, 0.15) is 0 Å². The van der Waals surface area contributed by atoms with Crippen molar-refractivity contribution in [3.05, 3.63) is 45.8 Å². The maximum absolute atomic E-state index is 12.9. The summed E-state index contributed by atoms with van der Waals surface area (Å²) in [4.78, 5) is 25.1. The van der Waals surface area contributed by atoms with Crippen LogP contribution in [0.1, 0.15) is 35.4 Å². The van der Waals surface area contributed by atoms with Crippen molar-refractivity contribution in [2.75, 3.05) is 13.1 Å². The molecule has 0 bridgehead atoms. The van der Waals surface area contributed by atoms with Crippen molar-refractivity contribution < 1.29 is 9.72 Å². The number of carbonyl (C=O) groups is 1. The lowest BCUT2D eigenvalue weighted by Crippen LogP contribution is -2.47. The number of hydrogen-bond acceptors (Lipinski definition) is 6. The van der Waals surface area contributed by atoms with E-state index in [0.29, 0.717) is 24.5 Å². The summed E-state index contributed by atoms with van der Waals surface area (Å²) in [6.07, 6.45) is 2.89. The number of carbonyl (C=O) groups excluding carboxylic acids is 1. The van der Waals surface area contributed by atoms with Crippen LogP contribution in [0.3, 0.4) is 0 Å². The highest BCUT2D eigenvalue weighted by Crippen LogP contribution is 2.22. The molecule has 1 aliphatic heterocycles. The number of nitro groups is 1. The third-order valence-electron chi connectivity index (χ3n) is 4.54. The van der Waals surface area contributed by atoms with Crippen molar-refractivity contribution in [3.63, 3.8) is 0 Å². The molecular weight excluding hydrogens is 360 g/mol. The van der Waals surface area contributed by atoms with E-state index in [4.69, 9.17) is 5.73 Å². The maximum atomic E-state index is 12.9. The average molecular weight is 381 g/mol. The van der Waals surface area contributed by atoms with Crippen LogP contribution < -0.4 is 5.73 Å². The first-order valence-electron chi connectivity index (χ1n) is 8.21. The lowest BCUT2D eigenvalue weighted by molar-refractivity contribution is -0.384. The van der Waals surface area contributed by atoms with Crippen LogP contribution in [0.25, 0.3) is 5.69 Å². The maximum Gasteiger partial charge on any atom is 0.276 e. The molecular formula is C16H21ClN6O3. The van der Waals surface area contributed by atoms with Gasteiger partial charge in [-0.3, -0.25) is 14.9 Å². The summed E-state index contributed by atoms with van der Waals surface area (Å²) in [7, 11) is 0. The van der Waals surface area contributed by atoms with Gasteiger partial charge in [0.05, 0.1) is 16.3 Å². The van der Waals surface area contributed by atoms with Crippen LogP contribution in [0, 0.1) is 17.0 Å². The Kier molecular flexibility index (Phi) is 6.27. The molecule has 140 valence electrons. The number of nitro benzene ring substituents is 1. The highest BCUT2D eigenvalue weighted by Gasteiger charge is 2.30. The molecule has 26 heavy (non-hydrogen) atoms. The second kappa shape index (κ2) is 8.24. The van der Waals surface area contributed by atoms with E-state index in [-0.39, 0.29) is 35.7 Å². The van der Waals surface area contributed by atoms with Crippen molar-refractivity contribution in [2.24, 2.45) is 5.73 Å². The average Bonchev–Trinajstić information content (AvgIpc) is 3.02. The molecule has 1 aromatic carbocycles. The summed E-state index contributed by atoms with van der Waals surface area (Å²) in [5.41, 5.74) is 7.04. The summed E-state index contributed by atoms with van der Waals surface area (Å²) < 4.78 is 1.45. The van der Waals surface area contributed by atoms with E-state index in [9.17, 15) is 14.9 Å². The Hall–Kier alpha value is -2.52. The standard InChI is InChI=1S/C16H20N6O3.ClH/c1-11-15(16(23)20-8-3-2-5-14(20)10-17)18-19-21(11)12-6-4-7-13(9-12)22(24)25;/h4,6-7,9,14H,2-3,5,8,10,17H2,1H3;1H. The molecule has 1 atom stereocenters. The topological polar surface area (TPSA) is 120 Å². The molecule has 0 saturated carbocycles. The van der Waals surface area contributed by atoms with Crippen LogP contribution in [0.5, 0.6) is 0 Å². The lowest BCUT2D eigenvalue weighted by atomic mass is 10.0. The largest absolute Gasteiger partial charge is 0.333 e. The Bertz CT molecular complexity index is 809. The van der Waals surface area contributed by atoms with E-state index in [1.165, 1.54) is 16.8 Å². The zero-order valence-electron chi connectivity index (χ0n) is 14.4. The fourth-order valence-electron chi connectivity index (χ4n) is 3.16. The number of nitrogens with zero attached hydrogens (tertiary/aromatic N) is 5. The normalized spacial score (nSPS) is 16.8. The van der Waals surface area contributed by atoms with Gasteiger partial charge in [-0.15, -0.1) is 17.5 Å². The van der Waals surface area contributed by atoms with Gasteiger partial charge < -0.3 is 10.6 Å². The molecule has 2 heterocycles. The molecule has 0 spiro atoms. The van der Waals surface area contributed by atoms with Crippen molar-refractivity contribution in [2.45, 2.75) is 32.2 Å². The van der Waals surface area contributed by atoms with Gasteiger partial charge in [-0.25, -0.2) is 4.68 Å². The molecule has 1 aromatic heterocycles. The number of aromatic nitrogens is 3. The smallest absolute Gasteiger partial charge is 0.276 e. The minimum Gasteiger partial charge on any atom is -0.333 e. The van der Waals surface area contributed by atoms with E-state index in [1.54, 1.807) is 24.0 Å². The number of nitrogens with two attached hydrogens (primary N) is 1. The van der Waals surface area contributed by atoms with Crippen LogP contribution in [-0.4, -0.2) is 49.9 Å². The van der Waals surface area contributed by atoms with Gasteiger partial charge in [-0.05, 0) is 32.3 Å². The Balaban J connectivity index is 0.00000243. The summed E-state index contributed by atoms with van der Waals surface area (Å²) >= 11 is 0. The van der Waals surface area contributed by atoms with Gasteiger partial charge >= 0.3 is 0 Å².